The molecule has 0 saturated heterocycles. The fourth-order valence-electron chi connectivity index (χ4n) is 2.01. The van der Waals surface area contributed by atoms with Gasteiger partial charge in [0, 0.05) is 22.2 Å². The first-order valence-electron chi connectivity index (χ1n) is 6.13. The molecule has 0 aliphatic rings. The number of Topliss-reactive ketones (excluding diaryl/α,β-unsaturated/α-hetero) is 1. The van der Waals surface area contributed by atoms with E-state index in [1.54, 1.807) is 18.2 Å². The predicted octanol–water partition coefficient (Wildman–Crippen LogP) is 4.71. The highest BCUT2D eigenvalue weighted by Gasteiger charge is 2.17. The van der Waals surface area contributed by atoms with Gasteiger partial charge in [0.2, 0.25) is 0 Å². The van der Waals surface area contributed by atoms with Crippen LogP contribution in [0.4, 0.5) is 0 Å². The third kappa shape index (κ3) is 3.25. The van der Waals surface area contributed by atoms with Gasteiger partial charge in [-0.15, -0.1) is 0 Å². The molecule has 20 heavy (non-hydrogen) atoms. The molecule has 2 aromatic rings. The molecule has 2 rings (SSSR count). The quantitative estimate of drug-likeness (QED) is 0.725. The molecule has 0 spiro atoms. The first-order valence-corrected chi connectivity index (χ1v) is 7.68. The zero-order chi connectivity index (χ0) is 14.9. The van der Waals surface area contributed by atoms with Gasteiger partial charge in [0.05, 0.1) is 22.3 Å². The molecule has 1 aromatic carbocycles. The number of nitrogens with zero attached hydrogens (tertiary/aromatic N) is 2. The lowest BCUT2D eigenvalue weighted by atomic mass is 10.1. The van der Waals surface area contributed by atoms with Crippen molar-refractivity contribution in [2.24, 2.45) is 0 Å². The second-order valence-corrected chi connectivity index (χ2v) is 6.09. The molecule has 0 bridgehead atoms. The van der Waals surface area contributed by atoms with Crippen LogP contribution in [0.3, 0.4) is 0 Å². The molecule has 6 heteroatoms. The Labute approximate surface area is 136 Å². The van der Waals surface area contributed by atoms with Gasteiger partial charge >= 0.3 is 0 Å². The minimum atomic E-state index is -0.0373. The van der Waals surface area contributed by atoms with Gasteiger partial charge in [0.15, 0.2) is 5.78 Å². The molecular formula is C14H13BrCl2N2O. The summed E-state index contributed by atoms with van der Waals surface area (Å²) in [5.41, 5.74) is 2.25. The highest BCUT2D eigenvalue weighted by atomic mass is 79.9. The van der Waals surface area contributed by atoms with E-state index in [-0.39, 0.29) is 12.2 Å². The standard InChI is InChI=1S/C14H13BrCl2N2O/c1-3-19-12(14(15)8(2)18-19)7-13(20)9-4-10(16)6-11(17)5-9/h4-6H,3,7H2,1-2H3. The summed E-state index contributed by atoms with van der Waals surface area (Å²) in [6.45, 7) is 4.61. The maximum Gasteiger partial charge on any atom is 0.168 e. The number of benzene rings is 1. The second-order valence-electron chi connectivity index (χ2n) is 4.42. The molecule has 0 saturated carbocycles. The van der Waals surface area contributed by atoms with Crippen molar-refractivity contribution in [2.45, 2.75) is 26.8 Å². The highest BCUT2D eigenvalue weighted by Crippen LogP contribution is 2.24. The van der Waals surface area contributed by atoms with Crippen molar-refractivity contribution in [1.29, 1.82) is 0 Å². The summed E-state index contributed by atoms with van der Waals surface area (Å²) in [6.07, 6.45) is 0.256. The van der Waals surface area contributed by atoms with Gasteiger partial charge in [-0.3, -0.25) is 9.48 Å². The van der Waals surface area contributed by atoms with Gasteiger partial charge in [0.1, 0.15) is 0 Å². The third-order valence-electron chi connectivity index (χ3n) is 2.97. The van der Waals surface area contributed by atoms with Crippen LogP contribution in [0.5, 0.6) is 0 Å². The van der Waals surface area contributed by atoms with Gasteiger partial charge in [-0.2, -0.15) is 5.10 Å². The lowest BCUT2D eigenvalue weighted by Gasteiger charge is -2.06. The fourth-order valence-corrected chi connectivity index (χ4v) is 2.96. The summed E-state index contributed by atoms with van der Waals surface area (Å²) in [7, 11) is 0. The van der Waals surface area contributed by atoms with E-state index in [2.05, 4.69) is 21.0 Å². The van der Waals surface area contributed by atoms with E-state index >= 15 is 0 Å². The van der Waals surface area contributed by atoms with E-state index in [0.29, 0.717) is 22.2 Å². The van der Waals surface area contributed by atoms with Gasteiger partial charge in [0.25, 0.3) is 0 Å². The number of carbonyl (C=O) groups is 1. The van der Waals surface area contributed by atoms with Crippen LogP contribution < -0.4 is 0 Å². The number of carbonyl (C=O) groups excluding carboxylic acids is 1. The Morgan fingerprint density at radius 1 is 1.30 bits per heavy atom. The van der Waals surface area contributed by atoms with Crippen molar-refractivity contribution < 1.29 is 4.79 Å². The molecule has 0 radical (unpaired) electrons. The summed E-state index contributed by atoms with van der Waals surface area (Å²) >= 11 is 15.3. The number of aromatic nitrogens is 2. The Hall–Kier alpha value is -0.840. The Morgan fingerprint density at radius 3 is 2.45 bits per heavy atom. The third-order valence-corrected chi connectivity index (χ3v) is 4.43. The average molecular weight is 376 g/mol. The van der Waals surface area contributed by atoms with Crippen LogP contribution in [0.25, 0.3) is 0 Å². The molecule has 1 heterocycles. The normalized spacial score (nSPS) is 10.8. The summed E-state index contributed by atoms with van der Waals surface area (Å²) in [5, 5.41) is 5.29. The number of rotatable bonds is 4. The SMILES string of the molecule is CCn1nc(C)c(Br)c1CC(=O)c1cc(Cl)cc(Cl)c1. The lowest BCUT2D eigenvalue weighted by Crippen LogP contribution is -2.10. The molecule has 0 N–H and O–H groups in total. The van der Waals surface area contributed by atoms with Crippen LogP contribution >= 0.6 is 39.1 Å². The Kier molecular flexibility index (Phi) is 4.89. The van der Waals surface area contributed by atoms with Crippen LogP contribution in [0, 0.1) is 6.92 Å². The number of hydrogen-bond donors (Lipinski definition) is 0. The van der Waals surface area contributed by atoms with E-state index in [1.165, 1.54) is 0 Å². The molecule has 0 amide bonds. The summed E-state index contributed by atoms with van der Waals surface area (Å²) in [4.78, 5) is 12.4. The van der Waals surface area contributed by atoms with E-state index in [1.807, 2.05) is 18.5 Å². The van der Waals surface area contributed by atoms with Crippen LogP contribution in [-0.4, -0.2) is 15.6 Å². The zero-order valence-electron chi connectivity index (χ0n) is 11.1. The molecule has 0 unspecified atom stereocenters. The van der Waals surface area contributed by atoms with Crippen LogP contribution in [0.15, 0.2) is 22.7 Å². The molecule has 1 aromatic heterocycles. The van der Waals surface area contributed by atoms with Crippen molar-refractivity contribution >= 4 is 44.9 Å². The lowest BCUT2D eigenvalue weighted by molar-refractivity contribution is 0.0990. The van der Waals surface area contributed by atoms with E-state index in [4.69, 9.17) is 23.2 Å². The molecule has 0 atom stereocenters. The van der Waals surface area contributed by atoms with E-state index in [0.717, 1.165) is 15.9 Å². The van der Waals surface area contributed by atoms with Crippen molar-refractivity contribution in [1.82, 2.24) is 9.78 Å². The van der Waals surface area contributed by atoms with Crippen LogP contribution in [0.2, 0.25) is 10.0 Å². The Balaban J connectivity index is 2.32. The molecule has 106 valence electrons. The molecule has 0 aliphatic carbocycles. The first-order chi connectivity index (χ1) is 9.42. The van der Waals surface area contributed by atoms with E-state index < -0.39 is 0 Å². The highest BCUT2D eigenvalue weighted by molar-refractivity contribution is 9.10. The smallest absolute Gasteiger partial charge is 0.168 e. The first kappa shape index (κ1) is 15.5. The number of halogens is 3. The minimum absolute atomic E-state index is 0.0373. The fraction of sp³-hybridized carbons (Fsp3) is 0.286. The monoisotopic (exact) mass is 374 g/mol. The zero-order valence-corrected chi connectivity index (χ0v) is 14.2. The number of ketones is 1. The van der Waals surface area contributed by atoms with Crippen LogP contribution in [-0.2, 0) is 13.0 Å². The summed E-state index contributed by atoms with van der Waals surface area (Å²) in [5.74, 6) is -0.0373. The van der Waals surface area contributed by atoms with Crippen LogP contribution in [0.1, 0.15) is 28.7 Å². The van der Waals surface area contributed by atoms with E-state index in [9.17, 15) is 4.79 Å². The minimum Gasteiger partial charge on any atom is -0.294 e. The topological polar surface area (TPSA) is 34.9 Å². The van der Waals surface area contributed by atoms with Crippen molar-refractivity contribution in [3.8, 4) is 0 Å². The number of hydrogen-bond acceptors (Lipinski definition) is 2. The second kappa shape index (κ2) is 6.29. The number of aryl methyl sites for hydroxylation is 2. The average Bonchev–Trinajstić information content (AvgIpc) is 2.65. The van der Waals surface area contributed by atoms with Gasteiger partial charge < -0.3 is 0 Å². The molecular weight excluding hydrogens is 363 g/mol. The summed E-state index contributed by atoms with van der Waals surface area (Å²) < 4.78 is 2.70. The van der Waals surface area contributed by atoms with Gasteiger partial charge in [-0.25, -0.2) is 0 Å². The maximum absolute atomic E-state index is 12.4. The van der Waals surface area contributed by atoms with Crippen molar-refractivity contribution in [3.05, 3.63) is 49.7 Å². The largest absolute Gasteiger partial charge is 0.294 e. The maximum atomic E-state index is 12.4. The molecule has 3 nitrogen and oxygen atoms in total. The Bertz CT molecular complexity index is 647. The Morgan fingerprint density at radius 2 is 1.90 bits per heavy atom. The molecule has 0 aliphatic heterocycles. The van der Waals surface area contributed by atoms with Crippen molar-refractivity contribution in [2.75, 3.05) is 0 Å². The predicted molar refractivity (Wildman–Crippen MR) is 84.8 cm³/mol. The van der Waals surface area contributed by atoms with Gasteiger partial charge in [-0.05, 0) is 48.0 Å². The van der Waals surface area contributed by atoms with Gasteiger partial charge in [-0.1, -0.05) is 23.2 Å². The van der Waals surface area contributed by atoms with Crippen molar-refractivity contribution in [3.63, 3.8) is 0 Å². The molecule has 0 fully saturated rings. The summed E-state index contributed by atoms with van der Waals surface area (Å²) in [6, 6.07) is 4.86.